The highest BCUT2D eigenvalue weighted by molar-refractivity contribution is 5.91. The van der Waals surface area contributed by atoms with Crippen LogP contribution in [0.15, 0.2) is 146 Å². The smallest absolute Gasteiger partial charge is 0.338 e. The van der Waals surface area contributed by atoms with Crippen molar-refractivity contribution in [1.82, 2.24) is 0 Å². The molecular formula is C112H128O20. The first kappa shape index (κ1) is 88.8. The number of rotatable bonds is 28. The van der Waals surface area contributed by atoms with E-state index in [9.17, 15) is 49.8 Å². The van der Waals surface area contributed by atoms with Crippen molar-refractivity contribution in [2.75, 3.05) is 67.1 Å². The van der Waals surface area contributed by atoms with Crippen molar-refractivity contribution in [3.05, 3.63) is 246 Å². The molecule has 696 valence electrons. The monoisotopic (exact) mass is 1790 g/mol. The number of aliphatic hydroxyl groups excluding tert-OH is 2. The first-order valence-electron chi connectivity index (χ1n) is 49.1. The Bertz CT molecular complexity index is 4930. The van der Waals surface area contributed by atoms with E-state index in [1.54, 1.807) is 121 Å². The fourth-order valence-corrected chi connectivity index (χ4v) is 30.7. The summed E-state index contributed by atoms with van der Waals surface area (Å²) in [5, 5.41) is 76.8. The summed E-state index contributed by atoms with van der Waals surface area (Å²) in [5.74, 6) is -0.392. The molecule has 0 spiro atoms. The molecule has 16 fully saturated rings. The van der Waals surface area contributed by atoms with Gasteiger partial charge in [-0.05, 0) is 351 Å². The van der Waals surface area contributed by atoms with Crippen LogP contribution in [-0.4, -0.2) is 146 Å². The Morgan fingerprint density at radius 1 is 0.280 bits per heavy atom. The number of phenolic OH excluding ortho intramolecular Hbond substituents is 4. The Kier molecular flexibility index (Phi) is 23.9. The van der Waals surface area contributed by atoms with Gasteiger partial charge in [-0.25, -0.2) is 19.2 Å². The number of aromatic hydroxyl groups is 4. The van der Waals surface area contributed by atoms with Gasteiger partial charge < -0.3 is 78.0 Å². The second-order valence-corrected chi connectivity index (χ2v) is 44.1. The zero-order valence-corrected chi connectivity index (χ0v) is 77.0. The molecule has 8 aromatic rings. The summed E-state index contributed by atoms with van der Waals surface area (Å²) in [7, 11) is 2.95. The topological polar surface area (TPSA) is 282 Å². The number of carbonyl (C=O) groups is 4. The molecule has 17 aliphatic carbocycles. The molecule has 132 heavy (non-hydrogen) atoms. The quantitative estimate of drug-likeness (QED) is 0.0151. The standard InChI is InChI=1S/C112H128O20/c1-109-47-61-31-73(51-109)101(74(32-61)52-109)125-23-27-129-105(119)69-15-7-65(8-16-69)97-84-42-86(92(116)40-82(84)60-114)99(67-11-19-71(20-12-67)107(121)131-29-25-127-103-77-35-63-36-78(103)56-111(3,49-63)55-77)90-44-88(94(118)46-96(90)124-6)100(68-13-21-72(22-14-68)108(122)132-30-26-128-104-79-37-64-38-80(104)58-112(4,50-64)57-79)89-43-87(93(117)45-95(89)123-5)98(83-41-85(97)91(115)39-81(83)59-113)66-9-17-70(18-10-66)106(120)130-28-24-126-102-75-33-62-34-76(102)54-110(2,48-62)53-75/h7-22,39-46,61-64,73-80,97-104,113-118H,23-38,47-60H2,1-6H3. The molecule has 25 rings (SSSR count). The van der Waals surface area contributed by atoms with Crippen LogP contribution < -0.4 is 9.47 Å². The number of esters is 4. The van der Waals surface area contributed by atoms with Crippen LogP contribution >= 0.6 is 0 Å². The summed E-state index contributed by atoms with van der Waals surface area (Å²) in [5.41, 5.74) is 7.54. The van der Waals surface area contributed by atoms with E-state index in [1.807, 2.05) is 0 Å². The Morgan fingerprint density at radius 2 is 0.492 bits per heavy atom. The van der Waals surface area contributed by atoms with Gasteiger partial charge >= 0.3 is 23.9 Å². The van der Waals surface area contributed by atoms with E-state index in [1.165, 1.54) is 116 Å². The fourth-order valence-electron chi connectivity index (χ4n) is 30.7. The summed E-state index contributed by atoms with van der Waals surface area (Å²) in [6.07, 6.45) is 24.4. The highest BCUT2D eigenvalue weighted by Crippen LogP contribution is 2.66. The lowest BCUT2D eigenvalue weighted by Crippen LogP contribution is -2.53. The molecular weight excluding hydrogens is 1670 g/mol. The third-order valence-corrected chi connectivity index (χ3v) is 34.6. The van der Waals surface area contributed by atoms with Crippen LogP contribution in [0.3, 0.4) is 0 Å². The maximum absolute atomic E-state index is 14.4. The van der Waals surface area contributed by atoms with Gasteiger partial charge in [-0.15, -0.1) is 0 Å². The van der Waals surface area contributed by atoms with Crippen LogP contribution in [0.5, 0.6) is 34.5 Å². The largest absolute Gasteiger partial charge is 0.508 e. The molecule has 12 unspecified atom stereocenters. The molecule has 16 saturated carbocycles. The SMILES string of the molecule is COc1cc(O)c2cc1C(c1ccc(C(=O)OCCOC3C4CC5CC3CC(C)(C5)C4)cc1)c1cc(c(OC)cc1O)C(c1ccc(C(=O)OCCOC3C4CC5CC3CC(C)(C5)C4)cc1)c1cc(c(CO)cc1O)C(c1ccc(C(=O)OCCOC3C4CC5CC3CC(C)(C5)C4)cc1)c1cc(c(CO)cc1O)C2c1ccc(C(=O)OCCOC2C3CC4CC2CC(C)(C4)C3)cc1. The van der Waals surface area contributed by atoms with Crippen LogP contribution in [0.25, 0.3) is 0 Å². The fraction of sp³-hybridized carbons (Fsp3) is 0.536. The van der Waals surface area contributed by atoms with Crippen LogP contribution in [0.4, 0.5) is 0 Å². The van der Waals surface area contributed by atoms with Gasteiger partial charge in [0.05, 0.1) is 101 Å². The van der Waals surface area contributed by atoms with E-state index in [0.717, 1.165) is 75.0 Å². The van der Waals surface area contributed by atoms with Crippen molar-refractivity contribution in [3.63, 3.8) is 0 Å². The molecule has 0 aromatic heterocycles. The van der Waals surface area contributed by atoms with E-state index in [2.05, 4.69) is 27.7 Å². The molecule has 0 aliphatic heterocycles. The van der Waals surface area contributed by atoms with Gasteiger partial charge in [0, 0.05) is 69.2 Å². The van der Waals surface area contributed by atoms with Gasteiger partial charge in [0.1, 0.15) is 60.9 Å². The van der Waals surface area contributed by atoms with Crippen molar-refractivity contribution in [3.8, 4) is 34.5 Å². The lowest BCUT2D eigenvalue weighted by molar-refractivity contribution is -0.156. The average molecular weight is 1790 g/mol. The number of hydrogen-bond donors (Lipinski definition) is 6. The number of phenols is 4. The Morgan fingerprint density at radius 3 is 0.705 bits per heavy atom. The number of ether oxygens (including phenoxy) is 10. The van der Waals surface area contributed by atoms with E-state index in [0.29, 0.717) is 114 Å². The van der Waals surface area contributed by atoms with E-state index in [4.69, 9.17) is 47.4 Å². The Hall–Kier alpha value is -9.80. The molecule has 20 heteroatoms. The molecule has 20 nitrogen and oxygen atoms in total. The van der Waals surface area contributed by atoms with Crippen molar-refractivity contribution in [2.24, 2.45) is 92.7 Å². The van der Waals surface area contributed by atoms with Gasteiger partial charge in [0.2, 0.25) is 0 Å². The molecule has 0 saturated heterocycles. The number of aliphatic hydroxyl groups is 2. The minimum absolute atomic E-state index is 0.0419. The van der Waals surface area contributed by atoms with Crippen LogP contribution in [0, 0.1) is 92.7 Å². The van der Waals surface area contributed by atoms with E-state index >= 15 is 0 Å². The van der Waals surface area contributed by atoms with Gasteiger partial charge in [-0.3, -0.25) is 0 Å². The number of benzene rings is 8. The van der Waals surface area contributed by atoms with Gasteiger partial charge in [-0.2, -0.15) is 0 Å². The van der Waals surface area contributed by atoms with Crippen LogP contribution in [-0.2, 0) is 51.1 Å². The molecule has 24 bridgehead atoms. The third kappa shape index (κ3) is 16.9. The summed E-state index contributed by atoms with van der Waals surface area (Å²) < 4.78 is 63.3. The number of carbonyl (C=O) groups excluding carboxylic acids is 4. The first-order chi connectivity index (χ1) is 63.8. The number of fused-ring (bicyclic) bond motifs is 8. The van der Waals surface area contributed by atoms with Gasteiger partial charge in [0.15, 0.2) is 0 Å². The average Bonchev–Trinajstić information content (AvgIpc) is 0.812. The third-order valence-electron chi connectivity index (χ3n) is 34.6. The zero-order chi connectivity index (χ0) is 91.0. The number of methoxy groups -OCH3 is 2. The molecule has 0 radical (unpaired) electrons. The lowest BCUT2D eigenvalue weighted by Gasteiger charge is -2.58. The maximum Gasteiger partial charge on any atom is 0.338 e. The van der Waals surface area contributed by atoms with Crippen molar-refractivity contribution < 1.29 is 97.2 Å². The molecule has 6 N–H and O–H groups in total. The predicted molar refractivity (Wildman–Crippen MR) is 494 cm³/mol. The van der Waals surface area contributed by atoms with E-state index < -0.39 is 60.8 Å². The second-order valence-electron chi connectivity index (χ2n) is 44.1. The van der Waals surface area contributed by atoms with Gasteiger partial charge in [0.25, 0.3) is 0 Å². The Balaban J connectivity index is 0.669. The minimum atomic E-state index is -1.11. The molecule has 0 heterocycles. The summed E-state index contributed by atoms with van der Waals surface area (Å²) in [4.78, 5) is 57.5. The Labute approximate surface area is 774 Å². The van der Waals surface area contributed by atoms with Crippen LogP contribution in [0.1, 0.15) is 299 Å². The van der Waals surface area contributed by atoms with Crippen molar-refractivity contribution in [2.45, 2.75) is 217 Å². The highest BCUT2D eigenvalue weighted by atomic mass is 16.6. The molecule has 17 aliphatic rings. The molecule has 8 aromatic carbocycles. The summed E-state index contributed by atoms with van der Waals surface area (Å²) in [6, 6.07) is 40.6. The summed E-state index contributed by atoms with van der Waals surface area (Å²) >= 11 is 0. The summed E-state index contributed by atoms with van der Waals surface area (Å²) in [6.45, 7) is 9.64. The second kappa shape index (κ2) is 35.5. The molecule has 0 amide bonds. The maximum atomic E-state index is 14.4. The van der Waals surface area contributed by atoms with Gasteiger partial charge in [-0.1, -0.05) is 76.2 Å². The first-order valence-corrected chi connectivity index (χ1v) is 49.1. The highest BCUT2D eigenvalue weighted by Gasteiger charge is 2.58. The van der Waals surface area contributed by atoms with Crippen molar-refractivity contribution >= 4 is 23.9 Å². The molecule has 12 atom stereocenters. The van der Waals surface area contributed by atoms with Crippen LogP contribution in [0.2, 0.25) is 0 Å². The predicted octanol–water partition coefficient (Wildman–Crippen LogP) is 20.1. The lowest BCUT2D eigenvalue weighted by atomic mass is 9.49. The normalized spacial score (nSPS) is 33.0. The minimum Gasteiger partial charge on any atom is -0.508 e. The zero-order valence-electron chi connectivity index (χ0n) is 77.0. The van der Waals surface area contributed by atoms with E-state index in [-0.39, 0.29) is 167 Å². The van der Waals surface area contributed by atoms with Crippen molar-refractivity contribution in [1.29, 1.82) is 0 Å². The number of hydrogen-bond acceptors (Lipinski definition) is 20.